The summed E-state index contributed by atoms with van der Waals surface area (Å²) in [5.74, 6) is -0.108. The van der Waals surface area contributed by atoms with E-state index in [0.717, 1.165) is 51.5 Å². The summed E-state index contributed by atoms with van der Waals surface area (Å²) in [6, 6.07) is 0. The summed E-state index contributed by atoms with van der Waals surface area (Å²) >= 11 is 1.55. The monoisotopic (exact) mass is 834 g/mol. The average Bonchev–Trinajstić information content (AvgIpc) is 3.75. The minimum atomic E-state index is -0.545. The highest BCUT2D eigenvalue weighted by molar-refractivity contribution is 7.99. The molecule has 0 radical (unpaired) electrons. The molecule has 0 aliphatic rings. The van der Waals surface area contributed by atoms with Gasteiger partial charge >= 0.3 is 11.9 Å². The topological polar surface area (TPSA) is 99.5 Å². The number of nitrogens with one attached hydrogen (secondary N) is 1. The minimum absolute atomic E-state index is 0.0986. The van der Waals surface area contributed by atoms with Crippen LogP contribution in [0.25, 0.3) is 0 Å². The van der Waals surface area contributed by atoms with Crippen molar-refractivity contribution < 1.29 is 23.9 Å². The summed E-state index contributed by atoms with van der Waals surface area (Å²) in [6.45, 7) is 8.55. The van der Waals surface area contributed by atoms with Gasteiger partial charge in [-0.05, 0) is 38.5 Å². The van der Waals surface area contributed by atoms with Crippen LogP contribution in [-0.4, -0.2) is 58.2 Å². The molecule has 338 valence electrons. The Kier molecular flexibility index (Phi) is 38.8. The highest BCUT2D eigenvalue weighted by Gasteiger charge is 2.26. The first-order valence-electron chi connectivity index (χ1n) is 24.7. The zero-order valence-electron chi connectivity index (χ0n) is 38.1. The standard InChI is InChI=1S/C49H91N3O5S/c1-4-7-10-13-16-17-18-19-20-21-22-23-24-25-28-31-40-56-48(54)35-41-58-43-45(42-47(53)51-36-32-38-52-39-37-50-44-52)49(55)57-46(33-29-26-14-11-8-5-2)34-30-27-15-12-9-6-3/h37,39,44-46H,4-36,38,40-43H2,1-3H3,(H,51,53). The van der Waals surface area contributed by atoms with Crippen molar-refractivity contribution >= 4 is 29.6 Å². The fourth-order valence-corrected chi connectivity index (χ4v) is 8.55. The summed E-state index contributed by atoms with van der Waals surface area (Å²) in [5, 5.41) is 3.01. The van der Waals surface area contributed by atoms with Crippen LogP contribution in [0.4, 0.5) is 0 Å². The van der Waals surface area contributed by atoms with Crippen molar-refractivity contribution in [1.29, 1.82) is 0 Å². The molecule has 0 aliphatic carbocycles. The molecule has 1 aromatic rings. The number of thioether (sulfide) groups is 1. The van der Waals surface area contributed by atoms with E-state index in [0.29, 0.717) is 31.1 Å². The number of aryl methyl sites for hydroxylation is 1. The molecule has 8 nitrogen and oxygen atoms in total. The van der Waals surface area contributed by atoms with E-state index in [-0.39, 0.29) is 30.4 Å². The van der Waals surface area contributed by atoms with Crippen molar-refractivity contribution in [3.8, 4) is 0 Å². The predicted octanol–water partition coefficient (Wildman–Crippen LogP) is 13.7. The maximum Gasteiger partial charge on any atom is 0.310 e. The number of nitrogens with zero attached hydrogens (tertiary/aromatic N) is 2. The maximum atomic E-state index is 13.7. The van der Waals surface area contributed by atoms with Gasteiger partial charge in [-0.25, -0.2) is 4.98 Å². The number of aromatic nitrogens is 2. The Morgan fingerprint density at radius 2 is 1.12 bits per heavy atom. The van der Waals surface area contributed by atoms with Crippen LogP contribution < -0.4 is 5.32 Å². The first-order chi connectivity index (χ1) is 28.5. The number of carbonyl (C=O) groups excluding carboxylic acids is 3. The largest absolute Gasteiger partial charge is 0.466 e. The Hall–Kier alpha value is -2.03. The molecule has 58 heavy (non-hydrogen) atoms. The second kappa shape index (κ2) is 41.7. The van der Waals surface area contributed by atoms with E-state index >= 15 is 0 Å². The normalized spacial score (nSPS) is 11.9. The highest BCUT2D eigenvalue weighted by atomic mass is 32.2. The van der Waals surface area contributed by atoms with Crippen LogP contribution in [0.3, 0.4) is 0 Å². The molecule has 1 heterocycles. The van der Waals surface area contributed by atoms with E-state index in [1.54, 1.807) is 24.3 Å². The Morgan fingerprint density at radius 1 is 0.638 bits per heavy atom. The summed E-state index contributed by atoms with van der Waals surface area (Å²) in [7, 11) is 0. The zero-order chi connectivity index (χ0) is 42.0. The number of unbranched alkanes of at least 4 members (excludes halogenated alkanes) is 25. The molecule has 1 amide bonds. The van der Waals surface area contributed by atoms with Crippen molar-refractivity contribution in [3.05, 3.63) is 18.7 Å². The van der Waals surface area contributed by atoms with E-state index in [1.807, 2.05) is 10.8 Å². The van der Waals surface area contributed by atoms with E-state index in [1.165, 1.54) is 154 Å². The van der Waals surface area contributed by atoms with Gasteiger partial charge in [0.15, 0.2) is 0 Å². The third-order valence-electron chi connectivity index (χ3n) is 11.3. The van der Waals surface area contributed by atoms with E-state index < -0.39 is 5.92 Å². The molecule has 1 atom stereocenters. The number of hydrogen-bond acceptors (Lipinski definition) is 7. The SMILES string of the molecule is CCCCCCCCCCCCCCCCCCOC(=O)CCSCC(CC(=O)NCCCn1ccnc1)C(=O)OC(CCCCCCCC)CCCCCCCC. The lowest BCUT2D eigenvalue weighted by Crippen LogP contribution is -2.33. The molecule has 0 aliphatic heterocycles. The van der Waals surface area contributed by atoms with Crippen LogP contribution in [0.5, 0.6) is 0 Å². The Balaban J connectivity index is 2.42. The number of amides is 1. The maximum absolute atomic E-state index is 13.7. The quantitative estimate of drug-likeness (QED) is 0.0516. The first-order valence-corrected chi connectivity index (χ1v) is 25.8. The zero-order valence-corrected chi connectivity index (χ0v) is 38.9. The lowest BCUT2D eigenvalue weighted by atomic mass is 10.0. The van der Waals surface area contributed by atoms with Gasteiger partial charge in [0.1, 0.15) is 6.10 Å². The van der Waals surface area contributed by atoms with Gasteiger partial charge in [0.25, 0.3) is 0 Å². The van der Waals surface area contributed by atoms with Gasteiger partial charge in [0.2, 0.25) is 5.91 Å². The van der Waals surface area contributed by atoms with Crippen LogP contribution in [0.15, 0.2) is 18.7 Å². The second-order valence-electron chi connectivity index (χ2n) is 16.9. The van der Waals surface area contributed by atoms with Crippen LogP contribution in [0.1, 0.15) is 233 Å². The van der Waals surface area contributed by atoms with E-state index in [9.17, 15) is 14.4 Å². The Morgan fingerprint density at radius 3 is 1.60 bits per heavy atom. The molecular formula is C49H91N3O5S. The van der Waals surface area contributed by atoms with Crippen LogP contribution in [-0.2, 0) is 30.4 Å². The van der Waals surface area contributed by atoms with Gasteiger partial charge in [-0.3, -0.25) is 14.4 Å². The summed E-state index contributed by atoms with van der Waals surface area (Å²) in [6.07, 6.45) is 43.9. The molecule has 0 aromatic carbocycles. The molecule has 0 spiro atoms. The molecule has 1 unspecified atom stereocenters. The summed E-state index contributed by atoms with van der Waals surface area (Å²) in [5.41, 5.74) is 0. The summed E-state index contributed by atoms with van der Waals surface area (Å²) in [4.78, 5) is 43.4. The number of esters is 2. The third kappa shape index (κ3) is 34.8. The Bertz CT molecular complexity index is 1040. The molecule has 0 bridgehead atoms. The lowest BCUT2D eigenvalue weighted by molar-refractivity contribution is -0.155. The third-order valence-corrected chi connectivity index (χ3v) is 12.4. The average molecular weight is 834 g/mol. The second-order valence-corrected chi connectivity index (χ2v) is 18.1. The minimum Gasteiger partial charge on any atom is -0.466 e. The molecule has 1 aromatic heterocycles. The molecule has 9 heteroatoms. The van der Waals surface area contributed by atoms with Crippen LogP contribution in [0, 0.1) is 5.92 Å². The highest BCUT2D eigenvalue weighted by Crippen LogP contribution is 2.22. The van der Waals surface area contributed by atoms with Crippen molar-refractivity contribution in [2.24, 2.45) is 5.92 Å². The number of imidazole rings is 1. The van der Waals surface area contributed by atoms with Crippen molar-refractivity contribution in [3.63, 3.8) is 0 Å². The fraction of sp³-hybridized carbons (Fsp3) is 0.878. The number of hydrogen-bond donors (Lipinski definition) is 1. The van der Waals surface area contributed by atoms with Gasteiger partial charge in [-0.2, -0.15) is 11.8 Å². The van der Waals surface area contributed by atoms with Gasteiger partial charge in [-0.15, -0.1) is 0 Å². The Labute approximate surface area is 361 Å². The molecule has 1 rings (SSSR count). The molecule has 0 saturated heterocycles. The van der Waals surface area contributed by atoms with E-state index in [2.05, 4.69) is 31.1 Å². The number of ether oxygens (including phenoxy) is 2. The predicted molar refractivity (Wildman–Crippen MR) is 246 cm³/mol. The molecule has 0 fully saturated rings. The van der Waals surface area contributed by atoms with Gasteiger partial charge < -0.3 is 19.4 Å². The lowest BCUT2D eigenvalue weighted by Gasteiger charge is -2.22. The first kappa shape index (κ1) is 54.0. The van der Waals surface area contributed by atoms with E-state index in [4.69, 9.17) is 9.47 Å². The number of rotatable bonds is 44. The van der Waals surface area contributed by atoms with Crippen molar-refractivity contribution in [2.45, 2.75) is 245 Å². The van der Waals surface area contributed by atoms with Crippen molar-refractivity contribution in [1.82, 2.24) is 14.9 Å². The van der Waals surface area contributed by atoms with Gasteiger partial charge in [0.05, 0.1) is 25.3 Å². The smallest absolute Gasteiger partial charge is 0.310 e. The number of carbonyl (C=O) groups is 3. The van der Waals surface area contributed by atoms with Crippen molar-refractivity contribution in [2.75, 3.05) is 24.7 Å². The van der Waals surface area contributed by atoms with Gasteiger partial charge in [-0.1, -0.05) is 181 Å². The molecule has 1 N–H and O–H groups in total. The molecular weight excluding hydrogens is 743 g/mol. The fourth-order valence-electron chi connectivity index (χ4n) is 7.53. The van der Waals surface area contributed by atoms with Gasteiger partial charge in [0, 0.05) is 43.4 Å². The van der Waals surface area contributed by atoms with Crippen LogP contribution >= 0.6 is 11.8 Å². The molecule has 0 saturated carbocycles. The van der Waals surface area contributed by atoms with Crippen LogP contribution in [0.2, 0.25) is 0 Å². The summed E-state index contributed by atoms with van der Waals surface area (Å²) < 4.78 is 13.8.